The van der Waals surface area contributed by atoms with Crippen molar-refractivity contribution in [1.82, 2.24) is 15.1 Å². The number of amides is 1. The molecule has 1 fully saturated rings. The molecule has 122 valence electrons. The number of aromatic nitrogens is 2. The highest BCUT2D eigenvalue weighted by Gasteiger charge is 2.25. The molecule has 1 aliphatic rings. The Hall–Kier alpha value is -1.85. The predicted octanol–water partition coefficient (Wildman–Crippen LogP) is 2.99. The zero-order valence-electron chi connectivity index (χ0n) is 13.2. The summed E-state index contributed by atoms with van der Waals surface area (Å²) in [4.78, 5) is 14.6. The summed E-state index contributed by atoms with van der Waals surface area (Å²) < 4.78 is 0. The fourth-order valence-corrected chi connectivity index (χ4v) is 3.14. The van der Waals surface area contributed by atoms with Crippen molar-refractivity contribution in [3.8, 4) is 11.3 Å². The lowest BCUT2D eigenvalue weighted by Crippen LogP contribution is -2.40. The number of nitrogens with two attached hydrogens (primary N) is 1. The van der Waals surface area contributed by atoms with Gasteiger partial charge in [-0.2, -0.15) is 5.10 Å². The van der Waals surface area contributed by atoms with Crippen LogP contribution in [0.2, 0.25) is 5.02 Å². The van der Waals surface area contributed by atoms with Crippen LogP contribution in [0.3, 0.4) is 0 Å². The van der Waals surface area contributed by atoms with Crippen molar-refractivity contribution in [2.75, 3.05) is 13.1 Å². The molecule has 0 bridgehead atoms. The van der Waals surface area contributed by atoms with Gasteiger partial charge < -0.3 is 10.6 Å². The molecule has 6 heteroatoms. The zero-order chi connectivity index (χ0) is 16.4. The van der Waals surface area contributed by atoms with Crippen molar-refractivity contribution in [3.05, 3.63) is 40.5 Å². The van der Waals surface area contributed by atoms with Crippen LogP contribution in [-0.2, 0) is 0 Å². The number of carbonyl (C=O) groups excluding carboxylic acids is 1. The van der Waals surface area contributed by atoms with E-state index in [2.05, 4.69) is 10.2 Å². The topological polar surface area (TPSA) is 75.0 Å². The fourth-order valence-electron chi connectivity index (χ4n) is 3.01. The van der Waals surface area contributed by atoms with Gasteiger partial charge in [0.05, 0.1) is 5.69 Å². The van der Waals surface area contributed by atoms with Crippen LogP contribution in [0.1, 0.15) is 35.3 Å². The number of hydrogen-bond acceptors (Lipinski definition) is 3. The molecule has 1 amide bonds. The summed E-state index contributed by atoms with van der Waals surface area (Å²) in [6.45, 7) is 3.27. The second-order valence-electron chi connectivity index (χ2n) is 6.09. The first-order chi connectivity index (χ1) is 11.1. The van der Waals surface area contributed by atoms with E-state index in [1.54, 1.807) is 0 Å². The van der Waals surface area contributed by atoms with Crippen LogP contribution in [0.25, 0.3) is 11.3 Å². The summed E-state index contributed by atoms with van der Waals surface area (Å²) in [6, 6.07) is 7.50. The van der Waals surface area contributed by atoms with Crippen LogP contribution in [-0.4, -0.2) is 40.1 Å². The first-order valence-corrected chi connectivity index (χ1v) is 8.30. The van der Waals surface area contributed by atoms with E-state index in [1.165, 1.54) is 0 Å². The summed E-state index contributed by atoms with van der Waals surface area (Å²) in [5.41, 5.74) is 9.18. The highest BCUT2D eigenvalue weighted by Crippen LogP contribution is 2.25. The molecule has 0 spiro atoms. The molecule has 1 atom stereocenters. The molecule has 3 N–H and O–H groups in total. The maximum atomic E-state index is 12.8. The van der Waals surface area contributed by atoms with Crippen molar-refractivity contribution in [2.45, 2.75) is 32.2 Å². The molecule has 2 aromatic rings. The fraction of sp³-hybridized carbons (Fsp3) is 0.412. The van der Waals surface area contributed by atoms with E-state index in [9.17, 15) is 4.79 Å². The van der Waals surface area contributed by atoms with Crippen molar-refractivity contribution >= 4 is 17.5 Å². The van der Waals surface area contributed by atoms with Gasteiger partial charge in [-0.1, -0.05) is 30.2 Å². The molecule has 2 heterocycles. The Morgan fingerprint density at radius 1 is 1.35 bits per heavy atom. The van der Waals surface area contributed by atoms with Gasteiger partial charge in [0, 0.05) is 35.3 Å². The van der Waals surface area contributed by atoms with Crippen LogP contribution in [0, 0.1) is 6.92 Å². The number of likely N-dealkylation sites (tertiary alicyclic amines) is 1. The molecule has 0 radical (unpaired) electrons. The van der Waals surface area contributed by atoms with E-state index < -0.39 is 0 Å². The Labute approximate surface area is 140 Å². The summed E-state index contributed by atoms with van der Waals surface area (Å²) >= 11 is 5.92. The van der Waals surface area contributed by atoms with Gasteiger partial charge >= 0.3 is 0 Å². The molecule has 1 saturated heterocycles. The normalized spacial score (nSPS) is 18.7. The van der Waals surface area contributed by atoms with Crippen molar-refractivity contribution in [3.63, 3.8) is 0 Å². The molecule has 1 unspecified atom stereocenters. The molecule has 5 nitrogen and oxygen atoms in total. The third-order valence-electron chi connectivity index (χ3n) is 4.34. The number of nitrogens with one attached hydrogen (secondary N) is 1. The number of halogens is 1. The standard InChI is InChI=1S/C17H21ClN4O/c1-11-15(12-5-7-13(18)8-6-12)20-21-16(11)17(23)22-9-3-2-4-14(19)10-22/h5-8,14H,2-4,9-10,19H2,1H3,(H,20,21). The van der Waals surface area contributed by atoms with Gasteiger partial charge in [-0.05, 0) is 31.9 Å². The number of nitrogens with zero attached hydrogens (tertiary/aromatic N) is 2. The average Bonchev–Trinajstić information content (AvgIpc) is 2.77. The van der Waals surface area contributed by atoms with Gasteiger partial charge in [0.15, 0.2) is 0 Å². The molecule has 0 saturated carbocycles. The van der Waals surface area contributed by atoms with Crippen LogP contribution in [0.5, 0.6) is 0 Å². The first-order valence-electron chi connectivity index (χ1n) is 7.92. The molecule has 0 aliphatic carbocycles. The maximum Gasteiger partial charge on any atom is 0.272 e. The SMILES string of the molecule is Cc1c(-c2ccc(Cl)cc2)n[nH]c1C(=O)N1CCCCC(N)C1. The van der Waals surface area contributed by atoms with Gasteiger partial charge in [0.25, 0.3) is 5.91 Å². The van der Waals surface area contributed by atoms with Gasteiger partial charge in [-0.3, -0.25) is 9.89 Å². The molecular weight excluding hydrogens is 312 g/mol. The Morgan fingerprint density at radius 3 is 2.83 bits per heavy atom. The second kappa shape index (κ2) is 6.72. The predicted molar refractivity (Wildman–Crippen MR) is 91.5 cm³/mol. The van der Waals surface area contributed by atoms with E-state index >= 15 is 0 Å². The summed E-state index contributed by atoms with van der Waals surface area (Å²) in [5, 5.41) is 7.91. The largest absolute Gasteiger partial charge is 0.336 e. The molecule has 23 heavy (non-hydrogen) atoms. The quantitative estimate of drug-likeness (QED) is 0.887. The zero-order valence-corrected chi connectivity index (χ0v) is 13.9. The van der Waals surface area contributed by atoms with Crippen LogP contribution >= 0.6 is 11.6 Å². The highest BCUT2D eigenvalue weighted by molar-refractivity contribution is 6.30. The lowest BCUT2D eigenvalue weighted by Gasteiger charge is -2.22. The van der Waals surface area contributed by atoms with Crippen molar-refractivity contribution in [2.24, 2.45) is 5.73 Å². The lowest BCUT2D eigenvalue weighted by molar-refractivity contribution is 0.0748. The number of H-pyrrole nitrogens is 1. The van der Waals surface area contributed by atoms with E-state index in [0.29, 0.717) is 17.3 Å². The highest BCUT2D eigenvalue weighted by atomic mass is 35.5. The third kappa shape index (κ3) is 3.41. The number of hydrogen-bond donors (Lipinski definition) is 2. The maximum absolute atomic E-state index is 12.8. The Morgan fingerprint density at radius 2 is 2.09 bits per heavy atom. The van der Waals surface area contributed by atoms with Gasteiger partial charge in [-0.25, -0.2) is 0 Å². The van der Waals surface area contributed by atoms with Crippen molar-refractivity contribution in [1.29, 1.82) is 0 Å². The number of rotatable bonds is 2. The van der Waals surface area contributed by atoms with Crippen LogP contribution in [0.15, 0.2) is 24.3 Å². The monoisotopic (exact) mass is 332 g/mol. The van der Waals surface area contributed by atoms with Gasteiger partial charge in [0.1, 0.15) is 5.69 Å². The molecule has 1 aromatic heterocycles. The third-order valence-corrected chi connectivity index (χ3v) is 4.59. The van der Waals surface area contributed by atoms with Gasteiger partial charge in [0.2, 0.25) is 0 Å². The minimum absolute atomic E-state index is 0.0208. The Balaban J connectivity index is 1.86. The smallest absolute Gasteiger partial charge is 0.272 e. The minimum Gasteiger partial charge on any atom is -0.336 e. The minimum atomic E-state index is -0.0208. The van der Waals surface area contributed by atoms with Crippen molar-refractivity contribution < 1.29 is 4.79 Å². The van der Waals surface area contributed by atoms with Gasteiger partial charge in [-0.15, -0.1) is 0 Å². The molecule has 3 rings (SSSR count). The Kier molecular flexibility index (Phi) is 4.68. The van der Waals surface area contributed by atoms with E-state index in [1.807, 2.05) is 36.1 Å². The second-order valence-corrected chi connectivity index (χ2v) is 6.52. The average molecular weight is 333 g/mol. The summed E-state index contributed by atoms with van der Waals surface area (Å²) in [5.74, 6) is -0.0208. The van der Waals surface area contributed by atoms with E-state index in [0.717, 1.165) is 42.6 Å². The summed E-state index contributed by atoms with van der Waals surface area (Å²) in [7, 11) is 0. The number of aromatic amines is 1. The summed E-state index contributed by atoms with van der Waals surface area (Å²) in [6.07, 6.45) is 3.04. The molecule has 1 aliphatic heterocycles. The molecular formula is C17H21ClN4O. The first kappa shape index (κ1) is 16.0. The van der Waals surface area contributed by atoms with Crippen LogP contribution in [0.4, 0.5) is 0 Å². The van der Waals surface area contributed by atoms with E-state index in [-0.39, 0.29) is 11.9 Å². The number of carbonyl (C=O) groups is 1. The molecule has 1 aromatic carbocycles. The Bertz CT molecular complexity index is 695. The number of benzene rings is 1. The lowest BCUT2D eigenvalue weighted by atomic mass is 10.1. The van der Waals surface area contributed by atoms with E-state index in [4.69, 9.17) is 17.3 Å². The van der Waals surface area contributed by atoms with Crippen LogP contribution < -0.4 is 5.73 Å².